The molecule has 1 aromatic heterocycles. The highest BCUT2D eigenvalue weighted by Gasteiger charge is 2.30. The van der Waals surface area contributed by atoms with Gasteiger partial charge in [0.15, 0.2) is 0 Å². The van der Waals surface area contributed by atoms with E-state index in [0.717, 1.165) is 12.1 Å². The molecular weight excluding hydrogens is 405 g/mol. The average molecular weight is 418 g/mol. The number of aromatic nitrogens is 1. The molecule has 154 valence electrons. The van der Waals surface area contributed by atoms with Gasteiger partial charge in [0.1, 0.15) is 16.9 Å². The second kappa shape index (κ2) is 7.39. The van der Waals surface area contributed by atoms with Crippen LogP contribution in [-0.2, 0) is 6.18 Å². The molecule has 0 aliphatic carbocycles. The molecule has 2 aromatic carbocycles. The molecule has 0 bridgehead atoms. The fraction of sp³-hybridized carbons (Fsp3) is 0.0500. The molecule has 0 aliphatic rings. The van der Waals surface area contributed by atoms with Crippen molar-refractivity contribution in [3.8, 4) is 22.3 Å². The Hall–Kier alpha value is -4.08. The van der Waals surface area contributed by atoms with Crippen molar-refractivity contribution >= 4 is 17.8 Å². The Labute approximate surface area is 166 Å². The second-order valence-electron chi connectivity index (χ2n) is 6.26. The summed E-state index contributed by atoms with van der Waals surface area (Å²) in [6.45, 7) is 0. The second-order valence-corrected chi connectivity index (χ2v) is 6.26. The Kier molecular flexibility index (Phi) is 5.09. The number of anilines is 1. The fourth-order valence-corrected chi connectivity index (χ4v) is 3.02. The smallest absolute Gasteiger partial charge is 0.416 e. The van der Waals surface area contributed by atoms with Crippen LogP contribution >= 0.6 is 0 Å². The standard InChI is InChI=1S/C20H13F3N2O5/c21-20(22,23)12-7-5-10(6-8-12)9-1-3-11(4-2-9)13-14(18(27)28)16(24)25-17(26)15(13)19(29)30/h1-8H,(H,27,28)(H,29,30)(H3,24,25,26). The van der Waals surface area contributed by atoms with Crippen molar-refractivity contribution < 1.29 is 33.0 Å². The van der Waals surface area contributed by atoms with Crippen LogP contribution in [0, 0.1) is 0 Å². The van der Waals surface area contributed by atoms with Gasteiger partial charge >= 0.3 is 18.1 Å². The van der Waals surface area contributed by atoms with Crippen LogP contribution in [0.3, 0.4) is 0 Å². The first-order valence-corrected chi connectivity index (χ1v) is 8.31. The largest absolute Gasteiger partial charge is 0.478 e. The van der Waals surface area contributed by atoms with E-state index in [9.17, 15) is 37.8 Å². The van der Waals surface area contributed by atoms with Crippen molar-refractivity contribution in [1.29, 1.82) is 0 Å². The molecule has 7 nitrogen and oxygen atoms in total. The van der Waals surface area contributed by atoms with Crippen molar-refractivity contribution in [2.75, 3.05) is 5.73 Å². The lowest BCUT2D eigenvalue weighted by Crippen LogP contribution is -2.24. The number of alkyl halides is 3. The number of hydrogen-bond acceptors (Lipinski definition) is 4. The number of aromatic amines is 1. The molecule has 30 heavy (non-hydrogen) atoms. The Morgan fingerprint density at radius 3 is 1.67 bits per heavy atom. The van der Waals surface area contributed by atoms with Crippen molar-refractivity contribution in [2.45, 2.75) is 6.18 Å². The quantitative estimate of drug-likeness (QED) is 0.511. The van der Waals surface area contributed by atoms with Gasteiger partial charge in [-0.1, -0.05) is 36.4 Å². The Balaban J connectivity index is 2.12. The molecule has 0 radical (unpaired) electrons. The molecule has 10 heteroatoms. The number of pyridine rings is 1. The monoisotopic (exact) mass is 418 g/mol. The lowest BCUT2D eigenvalue weighted by Gasteiger charge is -2.13. The zero-order valence-corrected chi connectivity index (χ0v) is 14.9. The number of nitrogen functional groups attached to an aromatic ring is 1. The van der Waals surface area contributed by atoms with Gasteiger partial charge in [-0.2, -0.15) is 13.2 Å². The summed E-state index contributed by atoms with van der Waals surface area (Å²) in [4.78, 5) is 37.2. The maximum absolute atomic E-state index is 12.7. The Morgan fingerprint density at radius 2 is 1.23 bits per heavy atom. The molecular formula is C20H13F3N2O5. The van der Waals surface area contributed by atoms with Crippen LogP contribution in [0.1, 0.15) is 26.3 Å². The maximum Gasteiger partial charge on any atom is 0.416 e. The van der Waals surface area contributed by atoms with E-state index >= 15 is 0 Å². The molecule has 0 atom stereocenters. The summed E-state index contributed by atoms with van der Waals surface area (Å²) in [5.74, 6) is -3.67. The summed E-state index contributed by atoms with van der Waals surface area (Å²) in [5.41, 5.74) is 3.03. The van der Waals surface area contributed by atoms with Gasteiger partial charge in [-0.05, 0) is 28.8 Å². The number of nitrogens with two attached hydrogens (primary N) is 1. The van der Waals surface area contributed by atoms with Gasteiger partial charge in [0.05, 0.1) is 5.56 Å². The number of rotatable bonds is 4. The van der Waals surface area contributed by atoms with Gasteiger partial charge in [0.25, 0.3) is 5.56 Å². The number of H-pyrrole nitrogens is 1. The number of carboxylic acid groups (broad SMARTS) is 2. The summed E-state index contributed by atoms with van der Waals surface area (Å²) in [6.07, 6.45) is -4.47. The predicted molar refractivity (Wildman–Crippen MR) is 101 cm³/mol. The van der Waals surface area contributed by atoms with E-state index in [0.29, 0.717) is 11.1 Å². The summed E-state index contributed by atoms with van der Waals surface area (Å²) < 4.78 is 38.1. The van der Waals surface area contributed by atoms with E-state index in [2.05, 4.69) is 0 Å². The highest BCUT2D eigenvalue weighted by molar-refractivity contribution is 6.07. The van der Waals surface area contributed by atoms with Crippen LogP contribution in [-0.4, -0.2) is 27.1 Å². The zero-order valence-electron chi connectivity index (χ0n) is 14.9. The number of benzene rings is 2. The molecule has 0 unspecified atom stereocenters. The van der Waals surface area contributed by atoms with Gasteiger partial charge in [0, 0.05) is 5.56 Å². The van der Waals surface area contributed by atoms with E-state index in [1.54, 1.807) is 0 Å². The van der Waals surface area contributed by atoms with Crippen LogP contribution in [0.2, 0.25) is 0 Å². The molecule has 0 amide bonds. The molecule has 1 heterocycles. The van der Waals surface area contributed by atoms with Gasteiger partial charge in [-0.25, -0.2) is 9.59 Å². The van der Waals surface area contributed by atoms with Gasteiger partial charge in [-0.3, -0.25) is 4.79 Å². The van der Waals surface area contributed by atoms with Crippen molar-refractivity contribution in [1.82, 2.24) is 4.98 Å². The summed E-state index contributed by atoms with van der Waals surface area (Å²) in [5, 5.41) is 18.8. The van der Waals surface area contributed by atoms with E-state index in [1.165, 1.54) is 36.4 Å². The minimum Gasteiger partial charge on any atom is -0.478 e. The normalized spacial score (nSPS) is 11.3. The highest BCUT2D eigenvalue weighted by Crippen LogP contribution is 2.33. The number of hydrogen-bond donors (Lipinski definition) is 4. The van der Waals surface area contributed by atoms with E-state index in [4.69, 9.17) is 5.73 Å². The molecule has 0 saturated carbocycles. The van der Waals surface area contributed by atoms with Crippen LogP contribution in [0.5, 0.6) is 0 Å². The average Bonchev–Trinajstić information content (AvgIpc) is 2.66. The van der Waals surface area contributed by atoms with E-state index < -0.39 is 46.2 Å². The van der Waals surface area contributed by atoms with Crippen molar-refractivity contribution in [3.63, 3.8) is 0 Å². The fourth-order valence-electron chi connectivity index (χ4n) is 3.02. The van der Waals surface area contributed by atoms with Gasteiger partial charge in [0.2, 0.25) is 0 Å². The molecule has 3 aromatic rings. The Morgan fingerprint density at radius 1 is 0.800 bits per heavy atom. The van der Waals surface area contributed by atoms with Gasteiger partial charge < -0.3 is 20.9 Å². The number of aromatic carboxylic acids is 2. The molecule has 0 aliphatic heterocycles. The summed E-state index contributed by atoms with van der Waals surface area (Å²) in [6, 6.07) is 10.0. The van der Waals surface area contributed by atoms with Crippen molar-refractivity contribution in [2.24, 2.45) is 0 Å². The molecule has 5 N–H and O–H groups in total. The minimum absolute atomic E-state index is 0.0956. The highest BCUT2D eigenvalue weighted by atomic mass is 19.4. The van der Waals surface area contributed by atoms with E-state index in [-0.39, 0.29) is 11.1 Å². The zero-order chi connectivity index (χ0) is 22.2. The lowest BCUT2D eigenvalue weighted by molar-refractivity contribution is -0.137. The molecule has 3 rings (SSSR count). The first kappa shape index (κ1) is 20.6. The molecule has 0 spiro atoms. The third kappa shape index (κ3) is 3.75. The molecule has 0 saturated heterocycles. The number of halogens is 3. The minimum atomic E-state index is -4.47. The summed E-state index contributed by atoms with van der Waals surface area (Å²) in [7, 11) is 0. The third-order valence-electron chi connectivity index (χ3n) is 4.39. The topological polar surface area (TPSA) is 133 Å². The van der Waals surface area contributed by atoms with E-state index in [1.807, 2.05) is 4.98 Å². The number of carbonyl (C=O) groups is 2. The van der Waals surface area contributed by atoms with Crippen LogP contribution in [0.25, 0.3) is 22.3 Å². The van der Waals surface area contributed by atoms with Gasteiger partial charge in [-0.15, -0.1) is 0 Å². The SMILES string of the molecule is Nc1[nH]c(=O)c(C(=O)O)c(-c2ccc(-c3ccc(C(F)(F)F)cc3)cc2)c1C(=O)O. The first-order valence-electron chi connectivity index (χ1n) is 8.31. The number of nitrogens with one attached hydrogen (secondary N) is 1. The Bertz CT molecular complexity index is 1200. The third-order valence-corrected chi connectivity index (χ3v) is 4.39. The van der Waals surface area contributed by atoms with Crippen LogP contribution in [0.4, 0.5) is 19.0 Å². The first-order chi connectivity index (χ1) is 14.0. The summed E-state index contributed by atoms with van der Waals surface area (Å²) >= 11 is 0. The van der Waals surface area contributed by atoms with Crippen LogP contribution in [0.15, 0.2) is 53.3 Å². The molecule has 0 fully saturated rings. The number of carboxylic acids is 2. The van der Waals surface area contributed by atoms with Crippen LogP contribution < -0.4 is 11.3 Å². The predicted octanol–water partition coefficient (Wildman–Crippen LogP) is 3.71. The maximum atomic E-state index is 12.7. The lowest BCUT2D eigenvalue weighted by atomic mass is 9.93. The van der Waals surface area contributed by atoms with Crippen molar-refractivity contribution in [3.05, 3.63) is 75.6 Å².